The molecule has 3 rings (SSSR count). The molecular weight excluding hydrogens is 266 g/mol. The Bertz CT molecular complexity index is 638. The highest BCUT2D eigenvalue weighted by molar-refractivity contribution is 7.99. The molecule has 0 radical (unpaired) electrons. The van der Waals surface area contributed by atoms with E-state index >= 15 is 0 Å². The summed E-state index contributed by atoms with van der Waals surface area (Å²) in [6.07, 6.45) is 1.78. The zero-order valence-corrected chi connectivity index (χ0v) is 11.8. The standard InChI is InChI=1S/C17H15NOS/c1-2-12-18-16(19)14-10-6-7-11-15(14)17(18)20-13-8-4-3-5-9-13/h2-11,17H,1,12H2. The second-order valence-corrected chi connectivity index (χ2v) is 5.77. The van der Waals surface area contributed by atoms with Gasteiger partial charge in [-0.1, -0.05) is 54.2 Å². The summed E-state index contributed by atoms with van der Waals surface area (Å²) in [6, 6.07) is 18.0. The van der Waals surface area contributed by atoms with Gasteiger partial charge in [-0.15, -0.1) is 6.58 Å². The van der Waals surface area contributed by atoms with Gasteiger partial charge in [0.25, 0.3) is 5.91 Å². The minimum atomic E-state index is 0.0269. The Morgan fingerprint density at radius 3 is 2.55 bits per heavy atom. The molecule has 0 aromatic heterocycles. The Labute approximate surface area is 123 Å². The van der Waals surface area contributed by atoms with Gasteiger partial charge in [-0.3, -0.25) is 4.79 Å². The number of nitrogens with zero attached hydrogens (tertiary/aromatic N) is 1. The van der Waals surface area contributed by atoms with Gasteiger partial charge < -0.3 is 4.90 Å². The molecule has 1 aliphatic heterocycles. The molecule has 2 nitrogen and oxygen atoms in total. The topological polar surface area (TPSA) is 20.3 Å². The van der Waals surface area contributed by atoms with Gasteiger partial charge in [0.2, 0.25) is 0 Å². The summed E-state index contributed by atoms with van der Waals surface area (Å²) in [7, 11) is 0. The second kappa shape index (κ2) is 5.55. The Morgan fingerprint density at radius 2 is 1.80 bits per heavy atom. The molecule has 0 saturated heterocycles. The molecule has 1 atom stereocenters. The van der Waals surface area contributed by atoms with E-state index in [1.54, 1.807) is 17.8 Å². The minimum absolute atomic E-state index is 0.0269. The van der Waals surface area contributed by atoms with Crippen LogP contribution >= 0.6 is 11.8 Å². The number of rotatable bonds is 4. The Balaban J connectivity index is 1.97. The lowest BCUT2D eigenvalue weighted by Crippen LogP contribution is -2.26. The molecule has 0 saturated carbocycles. The summed E-state index contributed by atoms with van der Waals surface area (Å²) in [5.74, 6) is 0.0916. The van der Waals surface area contributed by atoms with Crippen molar-refractivity contribution in [2.45, 2.75) is 10.3 Å². The van der Waals surface area contributed by atoms with Crippen LogP contribution in [0.3, 0.4) is 0 Å². The molecule has 0 spiro atoms. The van der Waals surface area contributed by atoms with Crippen molar-refractivity contribution >= 4 is 17.7 Å². The molecule has 0 fully saturated rings. The van der Waals surface area contributed by atoms with Crippen LogP contribution < -0.4 is 0 Å². The van der Waals surface area contributed by atoms with Crippen LogP contribution in [-0.2, 0) is 0 Å². The van der Waals surface area contributed by atoms with E-state index in [1.807, 2.05) is 47.4 Å². The molecule has 100 valence electrons. The van der Waals surface area contributed by atoms with Crippen LogP contribution in [0.15, 0.2) is 72.1 Å². The molecule has 0 aliphatic carbocycles. The molecule has 3 heteroatoms. The van der Waals surface area contributed by atoms with Crippen LogP contribution in [-0.4, -0.2) is 17.4 Å². The van der Waals surface area contributed by atoms with Crippen molar-refractivity contribution < 1.29 is 4.79 Å². The Hall–Kier alpha value is -2.00. The van der Waals surface area contributed by atoms with Crippen molar-refractivity contribution in [1.29, 1.82) is 0 Å². The molecule has 1 amide bonds. The maximum atomic E-state index is 12.5. The lowest BCUT2D eigenvalue weighted by atomic mass is 10.1. The number of benzene rings is 2. The van der Waals surface area contributed by atoms with Gasteiger partial charge in [0.1, 0.15) is 5.37 Å². The third-order valence-electron chi connectivity index (χ3n) is 3.32. The highest BCUT2D eigenvalue weighted by Crippen LogP contribution is 2.44. The van der Waals surface area contributed by atoms with Crippen molar-refractivity contribution in [2.24, 2.45) is 0 Å². The van der Waals surface area contributed by atoms with E-state index in [0.717, 1.165) is 16.0 Å². The van der Waals surface area contributed by atoms with E-state index in [-0.39, 0.29) is 11.3 Å². The lowest BCUT2D eigenvalue weighted by molar-refractivity contribution is 0.0792. The zero-order chi connectivity index (χ0) is 13.9. The molecule has 2 aromatic carbocycles. The van der Waals surface area contributed by atoms with Crippen molar-refractivity contribution in [3.8, 4) is 0 Å². The number of amides is 1. The maximum absolute atomic E-state index is 12.5. The highest BCUT2D eigenvalue weighted by atomic mass is 32.2. The van der Waals surface area contributed by atoms with E-state index in [1.165, 1.54) is 0 Å². The van der Waals surface area contributed by atoms with Crippen molar-refractivity contribution in [1.82, 2.24) is 4.90 Å². The van der Waals surface area contributed by atoms with Gasteiger partial charge in [0.15, 0.2) is 0 Å². The third kappa shape index (κ3) is 2.25. The first-order chi connectivity index (χ1) is 9.81. The monoisotopic (exact) mass is 281 g/mol. The first-order valence-corrected chi connectivity index (χ1v) is 7.41. The molecule has 0 N–H and O–H groups in total. The van der Waals surface area contributed by atoms with Crippen LogP contribution in [0.1, 0.15) is 21.3 Å². The fourth-order valence-corrected chi connectivity index (χ4v) is 3.62. The average Bonchev–Trinajstić information content (AvgIpc) is 2.75. The summed E-state index contributed by atoms with van der Waals surface area (Å²) in [4.78, 5) is 15.5. The van der Waals surface area contributed by atoms with E-state index in [2.05, 4.69) is 18.7 Å². The highest BCUT2D eigenvalue weighted by Gasteiger charge is 2.36. The van der Waals surface area contributed by atoms with Crippen LogP contribution in [0, 0.1) is 0 Å². The molecule has 2 aromatic rings. The fraction of sp³-hybridized carbons (Fsp3) is 0.118. The first-order valence-electron chi connectivity index (χ1n) is 6.54. The fourth-order valence-electron chi connectivity index (χ4n) is 2.41. The average molecular weight is 281 g/mol. The molecule has 1 aliphatic rings. The molecule has 1 heterocycles. The number of hydrogen-bond donors (Lipinski definition) is 0. The van der Waals surface area contributed by atoms with E-state index in [0.29, 0.717) is 6.54 Å². The lowest BCUT2D eigenvalue weighted by Gasteiger charge is -2.23. The van der Waals surface area contributed by atoms with Crippen LogP contribution in [0.4, 0.5) is 0 Å². The molecule has 0 bridgehead atoms. The van der Waals surface area contributed by atoms with Crippen molar-refractivity contribution in [3.05, 3.63) is 78.4 Å². The van der Waals surface area contributed by atoms with Gasteiger partial charge in [0.05, 0.1) is 0 Å². The van der Waals surface area contributed by atoms with Gasteiger partial charge >= 0.3 is 0 Å². The summed E-state index contributed by atoms with van der Waals surface area (Å²) < 4.78 is 0. The molecule has 1 unspecified atom stereocenters. The number of carbonyl (C=O) groups is 1. The van der Waals surface area contributed by atoms with E-state index in [4.69, 9.17) is 0 Å². The summed E-state index contributed by atoms with van der Waals surface area (Å²) in [5, 5.41) is 0.0269. The van der Waals surface area contributed by atoms with Gasteiger partial charge in [-0.05, 0) is 23.8 Å². The Morgan fingerprint density at radius 1 is 1.10 bits per heavy atom. The quantitative estimate of drug-likeness (QED) is 0.786. The summed E-state index contributed by atoms with van der Waals surface area (Å²) in [6.45, 7) is 4.33. The molecule has 20 heavy (non-hydrogen) atoms. The normalized spacial score (nSPS) is 17.1. The summed E-state index contributed by atoms with van der Waals surface area (Å²) in [5.41, 5.74) is 1.90. The summed E-state index contributed by atoms with van der Waals surface area (Å²) >= 11 is 1.70. The number of thioether (sulfide) groups is 1. The van der Waals surface area contributed by atoms with Gasteiger partial charge in [-0.2, -0.15) is 0 Å². The SMILES string of the molecule is C=CCN1C(=O)c2ccccc2C1Sc1ccccc1. The predicted octanol–water partition coefficient (Wildman–Crippen LogP) is 4.12. The first kappa shape index (κ1) is 13.0. The minimum Gasteiger partial charge on any atom is -0.318 e. The van der Waals surface area contributed by atoms with Gasteiger partial charge in [0, 0.05) is 17.0 Å². The van der Waals surface area contributed by atoms with Gasteiger partial charge in [-0.25, -0.2) is 0 Å². The van der Waals surface area contributed by atoms with E-state index in [9.17, 15) is 4.79 Å². The van der Waals surface area contributed by atoms with E-state index < -0.39 is 0 Å². The second-order valence-electron chi connectivity index (χ2n) is 4.62. The Kier molecular flexibility index (Phi) is 3.61. The third-order valence-corrected chi connectivity index (χ3v) is 4.59. The van der Waals surface area contributed by atoms with Crippen molar-refractivity contribution in [2.75, 3.05) is 6.54 Å². The van der Waals surface area contributed by atoms with Crippen molar-refractivity contribution in [3.63, 3.8) is 0 Å². The number of carbonyl (C=O) groups excluding carboxylic acids is 1. The van der Waals surface area contributed by atoms with Crippen LogP contribution in [0.5, 0.6) is 0 Å². The largest absolute Gasteiger partial charge is 0.318 e. The predicted molar refractivity (Wildman–Crippen MR) is 82.7 cm³/mol. The molecular formula is C17H15NOS. The number of hydrogen-bond acceptors (Lipinski definition) is 2. The van der Waals surface area contributed by atoms with Crippen LogP contribution in [0.25, 0.3) is 0 Å². The zero-order valence-electron chi connectivity index (χ0n) is 11.0. The smallest absolute Gasteiger partial charge is 0.255 e. The van der Waals surface area contributed by atoms with Crippen LogP contribution in [0.2, 0.25) is 0 Å². The number of fused-ring (bicyclic) bond motifs is 1. The maximum Gasteiger partial charge on any atom is 0.255 e.